The summed E-state index contributed by atoms with van der Waals surface area (Å²) in [7, 11) is 0. The molecule has 0 saturated carbocycles. The standard InChI is InChI=1S/C26H28N4O7/c1-15(2)11-18(28-26(34)37-16-6-7-21-22(12-16)36-14-35-21)25(33)29-10-8-19-23(29)20(31)13-30(19)24(32)17-5-3-4-9-27-17/h3-7,9,12,15,18-19,23H,8,10-11,13-14H2,1-2H3,(H,28,34). The zero-order chi connectivity index (χ0) is 26.1. The summed E-state index contributed by atoms with van der Waals surface area (Å²) >= 11 is 0. The fraction of sp³-hybridized carbons (Fsp3) is 0.423. The minimum absolute atomic E-state index is 0.0804. The fourth-order valence-corrected chi connectivity index (χ4v) is 5.09. The lowest BCUT2D eigenvalue weighted by Crippen LogP contribution is -2.53. The Morgan fingerprint density at radius 2 is 1.95 bits per heavy atom. The molecule has 3 amide bonds. The molecule has 2 aromatic rings. The van der Waals surface area contributed by atoms with E-state index in [2.05, 4.69) is 10.3 Å². The smallest absolute Gasteiger partial charge is 0.413 e. The summed E-state index contributed by atoms with van der Waals surface area (Å²) in [5.74, 6) is 0.442. The Balaban J connectivity index is 1.28. The van der Waals surface area contributed by atoms with Crippen molar-refractivity contribution in [3.05, 3.63) is 48.3 Å². The molecule has 3 aliphatic rings. The molecule has 11 nitrogen and oxygen atoms in total. The van der Waals surface area contributed by atoms with E-state index < -0.39 is 24.2 Å². The van der Waals surface area contributed by atoms with Crippen molar-refractivity contribution in [2.24, 2.45) is 5.92 Å². The van der Waals surface area contributed by atoms with Gasteiger partial charge in [-0.15, -0.1) is 0 Å². The molecule has 0 spiro atoms. The van der Waals surface area contributed by atoms with Crippen molar-refractivity contribution in [1.82, 2.24) is 20.1 Å². The summed E-state index contributed by atoms with van der Waals surface area (Å²) in [6, 6.07) is 7.71. The number of aromatic nitrogens is 1. The molecule has 4 heterocycles. The monoisotopic (exact) mass is 508 g/mol. The van der Waals surface area contributed by atoms with E-state index in [0.717, 1.165) is 0 Å². The molecule has 3 unspecified atom stereocenters. The number of Topliss-reactive ketones (excluding diaryl/α,β-unsaturated/α-hetero) is 1. The Labute approximate surface area is 213 Å². The van der Waals surface area contributed by atoms with Crippen LogP contribution in [0.2, 0.25) is 0 Å². The second-order valence-electron chi connectivity index (χ2n) is 9.68. The molecule has 2 fully saturated rings. The van der Waals surface area contributed by atoms with Crippen LogP contribution in [-0.4, -0.2) is 76.5 Å². The predicted octanol–water partition coefficient (Wildman–Crippen LogP) is 2.01. The Morgan fingerprint density at radius 1 is 1.14 bits per heavy atom. The van der Waals surface area contributed by atoms with Gasteiger partial charge in [0.25, 0.3) is 5.91 Å². The zero-order valence-electron chi connectivity index (χ0n) is 20.6. The van der Waals surface area contributed by atoms with E-state index in [9.17, 15) is 19.2 Å². The number of likely N-dealkylation sites (tertiary alicyclic amines) is 2. The van der Waals surface area contributed by atoms with Gasteiger partial charge >= 0.3 is 6.09 Å². The highest BCUT2D eigenvalue weighted by Gasteiger charge is 2.52. The number of carbonyl (C=O) groups is 4. The number of hydrogen-bond donors (Lipinski definition) is 1. The van der Waals surface area contributed by atoms with Gasteiger partial charge in [0.2, 0.25) is 12.7 Å². The third kappa shape index (κ3) is 4.93. The molecule has 1 aromatic heterocycles. The number of amides is 3. The van der Waals surface area contributed by atoms with Crippen molar-refractivity contribution in [1.29, 1.82) is 0 Å². The first-order chi connectivity index (χ1) is 17.8. The first-order valence-electron chi connectivity index (χ1n) is 12.2. The molecular formula is C26H28N4O7. The van der Waals surface area contributed by atoms with Crippen molar-refractivity contribution >= 4 is 23.7 Å². The highest BCUT2D eigenvalue weighted by Crippen LogP contribution is 2.35. The number of ether oxygens (including phenoxy) is 3. The number of rotatable bonds is 6. The molecule has 3 aliphatic heterocycles. The van der Waals surface area contributed by atoms with Gasteiger partial charge in [-0.1, -0.05) is 19.9 Å². The fourth-order valence-electron chi connectivity index (χ4n) is 5.09. The number of ketones is 1. The summed E-state index contributed by atoms with van der Waals surface area (Å²) in [4.78, 5) is 59.4. The molecule has 0 aliphatic carbocycles. The largest absolute Gasteiger partial charge is 0.454 e. The van der Waals surface area contributed by atoms with E-state index in [1.807, 2.05) is 13.8 Å². The topological polar surface area (TPSA) is 127 Å². The van der Waals surface area contributed by atoms with Gasteiger partial charge in [-0.25, -0.2) is 4.79 Å². The number of nitrogens with one attached hydrogen (secondary N) is 1. The molecule has 194 valence electrons. The number of pyridine rings is 1. The lowest BCUT2D eigenvalue weighted by atomic mass is 10.0. The average Bonchev–Trinajstić information content (AvgIpc) is 3.60. The summed E-state index contributed by atoms with van der Waals surface area (Å²) in [5.41, 5.74) is 0.256. The molecule has 1 aromatic carbocycles. The van der Waals surface area contributed by atoms with Gasteiger partial charge in [0.15, 0.2) is 17.3 Å². The third-order valence-corrected chi connectivity index (χ3v) is 6.70. The van der Waals surface area contributed by atoms with Gasteiger partial charge in [0, 0.05) is 18.8 Å². The van der Waals surface area contributed by atoms with Crippen molar-refractivity contribution in [3.63, 3.8) is 0 Å². The number of nitrogens with zero attached hydrogens (tertiary/aromatic N) is 3. The second kappa shape index (κ2) is 10.1. The lowest BCUT2D eigenvalue weighted by Gasteiger charge is -2.28. The van der Waals surface area contributed by atoms with Crippen LogP contribution in [0.1, 0.15) is 37.2 Å². The highest BCUT2D eigenvalue weighted by atomic mass is 16.7. The summed E-state index contributed by atoms with van der Waals surface area (Å²) < 4.78 is 16.0. The lowest BCUT2D eigenvalue weighted by molar-refractivity contribution is -0.138. The first kappa shape index (κ1) is 24.5. The summed E-state index contributed by atoms with van der Waals surface area (Å²) in [6.45, 7) is 4.19. The molecule has 37 heavy (non-hydrogen) atoms. The Kier molecular flexibility index (Phi) is 6.68. The number of benzene rings is 1. The highest BCUT2D eigenvalue weighted by molar-refractivity contribution is 6.02. The van der Waals surface area contributed by atoms with E-state index in [0.29, 0.717) is 30.9 Å². The van der Waals surface area contributed by atoms with E-state index in [4.69, 9.17) is 14.2 Å². The first-order valence-corrected chi connectivity index (χ1v) is 12.2. The van der Waals surface area contributed by atoms with Gasteiger partial charge in [0.1, 0.15) is 23.5 Å². The number of fused-ring (bicyclic) bond motifs is 2. The van der Waals surface area contributed by atoms with Crippen LogP contribution in [0.4, 0.5) is 4.79 Å². The van der Waals surface area contributed by atoms with Crippen molar-refractivity contribution in [2.75, 3.05) is 19.9 Å². The quantitative estimate of drug-likeness (QED) is 0.628. The zero-order valence-corrected chi connectivity index (χ0v) is 20.6. The van der Waals surface area contributed by atoms with Gasteiger partial charge in [-0.3, -0.25) is 19.4 Å². The predicted molar refractivity (Wildman–Crippen MR) is 129 cm³/mol. The maximum absolute atomic E-state index is 13.6. The number of carbonyl (C=O) groups excluding carboxylic acids is 4. The van der Waals surface area contributed by atoms with E-state index in [1.54, 1.807) is 30.3 Å². The Bertz CT molecular complexity index is 1220. The SMILES string of the molecule is CC(C)CC(NC(=O)Oc1ccc2c(c1)OCO2)C(=O)N1CCC2C1C(=O)CN2C(=O)c1ccccn1. The van der Waals surface area contributed by atoms with Crippen LogP contribution >= 0.6 is 0 Å². The van der Waals surface area contributed by atoms with Crippen LogP contribution in [0.25, 0.3) is 0 Å². The van der Waals surface area contributed by atoms with Gasteiger partial charge < -0.3 is 29.3 Å². The normalized spacial score (nSPS) is 20.7. The Morgan fingerprint density at radius 3 is 2.70 bits per heavy atom. The molecule has 5 rings (SSSR count). The minimum atomic E-state index is -0.895. The van der Waals surface area contributed by atoms with Gasteiger partial charge in [-0.2, -0.15) is 0 Å². The summed E-state index contributed by atoms with van der Waals surface area (Å²) in [6.07, 6.45) is 1.56. The van der Waals surface area contributed by atoms with E-state index in [-0.39, 0.29) is 48.3 Å². The van der Waals surface area contributed by atoms with E-state index >= 15 is 0 Å². The second-order valence-corrected chi connectivity index (χ2v) is 9.68. The van der Waals surface area contributed by atoms with Gasteiger partial charge in [0.05, 0.1) is 12.6 Å². The van der Waals surface area contributed by atoms with Crippen molar-refractivity contribution in [3.8, 4) is 17.2 Å². The molecular weight excluding hydrogens is 480 g/mol. The van der Waals surface area contributed by atoms with Crippen LogP contribution in [0.15, 0.2) is 42.6 Å². The molecule has 1 N–H and O–H groups in total. The molecule has 0 radical (unpaired) electrons. The van der Waals surface area contributed by atoms with E-state index in [1.165, 1.54) is 22.1 Å². The number of hydrogen-bond acceptors (Lipinski definition) is 8. The Hall–Kier alpha value is -4.15. The van der Waals surface area contributed by atoms with Crippen LogP contribution < -0.4 is 19.5 Å². The van der Waals surface area contributed by atoms with Gasteiger partial charge in [-0.05, 0) is 43.0 Å². The summed E-state index contributed by atoms with van der Waals surface area (Å²) in [5, 5.41) is 2.67. The van der Waals surface area contributed by atoms with Crippen molar-refractivity contribution in [2.45, 2.75) is 44.8 Å². The molecule has 0 bridgehead atoms. The maximum Gasteiger partial charge on any atom is 0.413 e. The minimum Gasteiger partial charge on any atom is -0.454 e. The maximum atomic E-state index is 13.6. The molecule has 11 heteroatoms. The van der Waals surface area contributed by atoms with Crippen molar-refractivity contribution < 1.29 is 33.4 Å². The average molecular weight is 509 g/mol. The van der Waals surface area contributed by atoms with Crippen LogP contribution in [0.3, 0.4) is 0 Å². The molecule has 2 saturated heterocycles. The van der Waals surface area contributed by atoms with Crippen LogP contribution in [-0.2, 0) is 9.59 Å². The third-order valence-electron chi connectivity index (χ3n) is 6.70. The van der Waals surface area contributed by atoms with Crippen LogP contribution in [0, 0.1) is 5.92 Å². The van der Waals surface area contributed by atoms with Crippen LogP contribution in [0.5, 0.6) is 17.2 Å². The molecule has 3 atom stereocenters.